The summed E-state index contributed by atoms with van der Waals surface area (Å²) in [4.78, 5) is 24.6. The van der Waals surface area contributed by atoms with Crippen molar-refractivity contribution in [3.63, 3.8) is 0 Å². The lowest BCUT2D eigenvalue weighted by Gasteiger charge is -2.47. The van der Waals surface area contributed by atoms with Gasteiger partial charge in [0, 0.05) is 25.7 Å². The molecule has 6 heteroatoms. The molecule has 1 aliphatic carbocycles. The molecule has 0 radical (unpaired) electrons. The van der Waals surface area contributed by atoms with Gasteiger partial charge >= 0.3 is 5.97 Å². The first-order chi connectivity index (χ1) is 13.0. The molecule has 2 bridgehead atoms. The van der Waals surface area contributed by atoms with Gasteiger partial charge in [-0.05, 0) is 50.4 Å². The third kappa shape index (κ3) is 3.12. The summed E-state index contributed by atoms with van der Waals surface area (Å²) >= 11 is 0. The number of ether oxygens (including phenoxy) is 3. The summed E-state index contributed by atoms with van der Waals surface area (Å²) < 4.78 is 18.8. The van der Waals surface area contributed by atoms with Crippen LogP contribution in [0.25, 0.3) is 0 Å². The minimum Gasteiger partial charge on any atom is -0.462 e. The van der Waals surface area contributed by atoms with Crippen molar-refractivity contribution in [2.75, 3.05) is 6.61 Å². The molecule has 0 amide bonds. The maximum atomic E-state index is 12.7. The highest BCUT2D eigenvalue weighted by Gasteiger charge is 2.64. The van der Waals surface area contributed by atoms with Gasteiger partial charge in [0.1, 0.15) is 11.7 Å². The number of Topliss-reactive ketones (excluding diaryl/α,β-unsaturated/α-hetero) is 1. The summed E-state index contributed by atoms with van der Waals surface area (Å²) in [6, 6.07) is 0. The molecule has 3 aliphatic heterocycles. The van der Waals surface area contributed by atoms with Crippen molar-refractivity contribution in [1.29, 1.82) is 0 Å². The van der Waals surface area contributed by atoms with Gasteiger partial charge in [-0.25, -0.2) is 0 Å². The van der Waals surface area contributed by atoms with Crippen molar-refractivity contribution in [3.05, 3.63) is 0 Å². The molecule has 0 aromatic rings. The lowest BCUT2D eigenvalue weighted by Crippen LogP contribution is -2.53. The molecular weight excluding hydrogens is 360 g/mol. The molecule has 28 heavy (non-hydrogen) atoms. The van der Waals surface area contributed by atoms with Crippen LogP contribution in [-0.2, 0) is 23.8 Å². The third-order valence-corrected chi connectivity index (χ3v) is 7.98. The van der Waals surface area contributed by atoms with Crippen molar-refractivity contribution in [3.8, 4) is 0 Å². The van der Waals surface area contributed by atoms with Gasteiger partial charge in [0.25, 0.3) is 0 Å². The van der Waals surface area contributed by atoms with Crippen LogP contribution in [-0.4, -0.2) is 53.0 Å². The number of fused-ring (bicyclic) bond motifs is 2. The molecule has 4 rings (SSSR count). The fourth-order valence-corrected chi connectivity index (χ4v) is 6.47. The van der Waals surface area contributed by atoms with E-state index in [-0.39, 0.29) is 60.7 Å². The number of esters is 1. The Bertz CT molecular complexity index is 659. The van der Waals surface area contributed by atoms with Gasteiger partial charge in [-0.3, -0.25) is 9.59 Å². The Morgan fingerprint density at radius 3 is 2.61 bits per heavy atom. The highest BCUT2D eigenvalue weighted by molar-refractivity contribution is 5.86. The predicted molar refractivity (Wildman–Crippen MR) is 101 cm³/mol. The van der Waals surface area contributed by atoms with Gasteiger partial charge in [0.2, 0.25) is 0 Å². The normalized spacial score (nSPS) is 53.6. The average Bonchev–Trinajstić information content (AvgIpc) is 2.94. The lowest BCUT2D eigenvalue weighted by atomic mass is 9.59. The average molecular weight is 395 g/mol. The fraction of sp³-hybridized carbons (Fsp3) is 0.909. The number of carbonyl (C=O) groups excluding carboxylic acids is 2. The first-order valence-corrected chi connectivity index (χ1v) is 10.8. The van der Waals surface area contributed by atoms with Gasteiger partial charge < -0.3 is 19.3 Å². The SMILES string of the molecule is CC(=O)O[C@H]1[C@H]2C3C[C@](C)(O)C(=O)CC[C@]4(C)OC[C@H](C)C(C[C@H]1C)[C@@H]2C4O3. The van der Waals surface area contributed by atoms with Crippen LogP contribution in [0.1, 0.15) is 60.3 Å². The van der Waals surface area contributed by atoms with Crippen molar-refractivity contribution < 1.29 is 28.9 Å². The van der Waals surface area contributed by atoms with E-state index in [0.29, 0.717) is 24.9 Å². The third-order valence-electron chi connectivity index (χ3n) is 7.98. The van der Waals surface area contributed by atoms with E-state index in [1.807, 2.05) is 0 Å². The molecule has 1 N–H and O–H groups in total. The van der Waals surface area contributed by atoms with Crippen LogP contribution in [0.4, 0.5) is 0 Å². The molecule has 0 aromatic heterocycles. The molecule has 3 unspecified atom stereocenters. The minimum absolute atomic E-state index is 0.0245. The number of carbonyl (C=O) groups is 2. The van der Waals surface area contributed by atoms with Crippen molar-refractivity contribution in [2.24, 2.45) is 29.6 Å². The summed E-state index contributed by atoms with van der Waals surface area (Å²) in [6.45, 7) is 10.1. The second kappa shape index (κ2) is 6.78. The standard InChI is InChI=1S/C22H34O6/c1-11-8-14-12(2)10-26-22(5)7-6-16(24)21(4,25)9-15-18(17(14)20(22)28-15)19(11)27-13(3)23/h11-12,14-15,17-20,25H,6-10H2,1-5H3/t11-,12+,14?,15?,17+,18+,19-,20?,21+,22+/m1/s1. The number of ketones is 1. The minimum atomic E-state index is -1.44. The maximum absolute atomic E-state index is 12.7. The second-order valence-corrected chi connectivity index (χ2v) is 10.2. The molecule has 6 nitrogen and oxygen atoms in total. The molecule has 0 spiro atoms. The Balaban J connectivity index is 1.82. The van der Waals surface area contributed by atoms with Gasteiger partial charge in [-0.2, -0.15) is 0 Å². The Labute approximate surface area is 167 Å². The fourth-order valence-electron chi connectivity index (χ4n) is 6.47. The maximum Gasteiger partial charge on any atom is 0.302 e. The van der Waals surface area contributed by atoms with E-state index in [0.717, 1.165) is 6.42 Å². The molecule has 0 aromatic carbocycles. The van der Waals surface area contributed by atoms with Crippen molar-refractivity contribution in [2.45, 2.75) is 89.8 Å². The zero-order valence-electron chi connectivity index (χ0n) is 17.6. The zero-order valence-corrected chi connectivity index (χ0v) is 17.6. The summed E-state index contributed by atoms with van der Waals surface area (Å²) in [5, 5.41) is 10.9. The largest absolute Gasteiger partial charge is 0.462 e. The van der Waals surface area contributed by atoms with Crippen LogP contribution in [0.3, 0.4) is 0 Å². The van der Waals surface area contributed by atoms with Crippen LogP contribution < -0.4 is 0 Å². The van der Waals surface area contributed by atoms with Crippen LogP contribution in [0, 0.1) is 29.6 Å². The second-order valence-electron chi connectivity index (χ2n) is 10.2. The predicted octanol–water partition coefficient (Wildman–Crippen LogP) is 2.50. The summed E-state index contributed by atoms with van der Waals surface area (Å²) in [6.07, 6.45) is 1.31. The zero-order chi connectivity index (χ0) is 20.4. The van der Waals surface area contributed by atoms with E-state index in [1.54, 1.807) is 6.92 Å². The van der Waals surface area contributed by atoms with E-state index in [2.05, 4.69) is 20.8 Å². The van der Waals surface area contributed by atoms with Gasteiger partial charge in [0.05, 0.1) is 24.4 Å². The van der Waals surface area contributed by atoms with Crippen molar-refractivity contribution >= 4 is 11.8 Å². The molecule has 1 saturated carbocycles. The van der Waals surface area contributed by atoms with Crippen LogP contribution in [0.5, 0.6) is 0 Å². The van der Waals surface area contributed by atoms with Crippen LogP contribution >= 0.6 is 0 Å². The summed E-state index contributed by atoms with van der Waals surface area (Å²) in [5.74, 6) is 0.733. The Morgan fingerprint density at radius 2 is 1.93 bits per heavy atom. The Kier molecular flexibility index (Phi) is 4.91. The van der Waals surface area contributed by atoms with Crippen LogP contribution in [0.2, 0.25) is 0 Å². The summed E-state index contributed by atoms with van der Waals surface area (Å²) in [5.41, 5.74) is -2.01. The monoisotopic (exact) mass is 394 g/mol. The molecule has 4 aliphatic rings. The Hall–Kier alpha value is -0.980. The first kappa shape index (κ1) is 20.3. The molecule has 158 valence electrons. The molecule has 3 saturated heterocycles. The lowest BCUT2D eigenvalue weighted by molar-refractivity contribution is -0.162. The van der Waals surface area contributed by atoms with Crippen LogP contribution in [0.15, 0.2) is 0 Å². The van der Waals surface area contributed by atoms with E-state index in [1.165, 1.54) is 6.92 Å². The molecule has 10 atom stereocenters. The first-order valence-electron chi connectivity index (χ1n) is 10.8. The molecule has 3 heterocycles. The van der Waals surface area contributed by atoms with Gasteiger partial charge in [-0.15, -0.1) is 0 Å². The topological polar surface area (TPSA) is 82.1 Å². The van der Waals surface area contributed by atoms with E-state index >= 15 is 0 Å². The van der Waals surface area contributed by atoms with E-state index in [4.69, 9.17) is 14.2 Å². The Morgan fingerprint density at radius 1 is 1.21 bits per heavy atom. The van der Waals surface area contributed by atoms with E-state index in [9.17, 15) is 14.7 Å². The quantitative estimate of drug-likeness (QED) is 0.688. The number of aliphatic hydroxyl groups is 1. The number of hydrogen-bond donors (Lipinski definition) is 1. The highest BCUT2D eigenvalue weighted by Crippen LogP contribution is 2.57. The van der Waals surface area contributed by atoms with Gasteiger partial charge in [0.15, 0.2) is 5.78 Å². The van der Waals surface area contributed by atoms with E-state index < -0.39 is 11.2 Å². The van der Waals surface area contributed by atoms with Gasteiger partial charge in [-0.1, -0.05) is 13.8 Å². The molecule has 4 fully saturated rings. The number of rotatable bonds is 1. The smallest absolute Gasteiger partial charge is 0.302 e. The number of hydrogen-bond acceptors (Lipinski definition) is 6. The molecular formula is C22H34O6. The highest BCUT2D eigenvalue weighted by atomic mass is 16.6. The van der Waals surface area contributed by atoms with Crippen molar-refractivity contribution in [1.82, 2.24) is 0 Å². The summed E-state index contributed by atoms with van der Waals surface area (Å²) in [7, 11) is 0.